The summed E-state index contributed by atoms with van der Waals surface area (Å²) >= 11 is -3.98. The summed E-state index contributed by atoms with van der Waals surface area (Å²) in [6.45, 7) is 4.59. The van der Waals surface area contributed by atoms with Gasteiger partial charge in [-0.1, -0.05) is 0 Å². The molecule has 0 bridgehead atoms. The fourth-order valence-electron chi connectivity index (χ4n) is 2.69. The summed E-state index contributed by atoms with van der Waals surface area (Å²) in [5, 5.41) is 2.98. The molecule has 2 aromatic carbocycles. The van der Waals surface area contributed by atoms with Gasteiger partial charge in [-0.2, -0.15) is 0 Å². The van der Waals surface area contributed by atoms with E-state index in [1.165, 1.54) is 21.9 Å². The van der Waals surface area contributed by atoms with Gasteiger partial charge in [0, 0.05) is 0 Å². The molecule has 0 aliphatic heterocycles. The van der Waals surface area contributed by atoms with Crippen LogP contribution in [0.25, 0.3) is 10.8 Å². The van der Waals surface area contributed by atoms with E-state index in [9.17, 15) is 0 Å². The van der Waals surface area contributed by atoms with Gasteiger partial charge in [0.05, 0.1) is 0 Å². The van der Waals surface area contributed by atoms with Crippen molar-refractivity contribution in [1.82, 2.24) is 0 Å². The first-order chi connectivity index (χ1) is 9.00. The van der Waals surface area contributed by atoms with E-state index in [1.54, 1.807) is 7.16 Å². The summed E-state index contributed by atoms with van der Waals surface area (Å²) in [7, 11) is 0. The molecule has 0 unspecified atom stereocenters. The molecule has 2 aromatic rings. The van der Waals surface area contributed by atoms with Crippen molar-refractivity contribution in [3.05, 3.63) is 35.4 Å². The Hall–Kier alpha value is 0.297. The molecule has 0 aliphatic carbocycles. The molecule has 0 amide bonds. The molecule has 2 heteroatoms. The van der Waals surface area contributed by atoms with E-state index in [0.717, 1.165) is 0 Å². The SMILES string of the molecule is Cc1c[c]([Sn]([CH3])([CH3])[CH3])cc2c(C)c[c]([Sn]([CH3])([CH3])[CH3])cc12. The molecule has 0 fully saturated rings. The van der Waals surface area contributed by atoms with E-state index in [4.69, 9.17) is 0 Å². The number of hydrogen-bond acceptors (Lipinski definition) is 0. The van der Waals surface area contributed by atoms with Crippen molar-refractivity contribution in [2.75, 3.05) is 0 Å². The summed E-state index contributed by atoms with van der Waals surface area (Å²) in [5.74, 6) is 0. The Morgan fingerprint density at radius 1 is 0.550 bits per heavy atom. The van der Waals surface area contributed by atoms with E-state index in [-0.39, 0.29) is 0 Å². The molecule has 0 spiro atoms. The molecular weight excluding hydrogens is 454 g/mol. The van der Waals surface area contributed by atoms with Crippen molar-refractivity contribution in [3.63, 3.8) is 0 Å². The molecule has 2 rings (SSSR count). The van der Waals surface area contributed by atoms with Crippen molar-refractivity contribution in [2.45, 2.75) is 43.5 Å². The summed E-state index contributed by atoms with van der Waals surface area (Å²) in [6, 6.07) is 9.94. The minimum absolute atomic E-state index is 1.48. The molecule has 0 nitrogen and oxygen atoms in total. The van der Waals surface area contributed by atoms with E-state index < -0.39 is 36.8 Å². The number of rotatable bonds is 2. The maximum absolute atomic E-state index is 2.50. The van der Waals surface area contributed by atoms with Crippen LogP contribution >= 0.6 is 0 Å². The molecule has 0 heterocycles. The average Bonchev–Trinajstić information content (AvgIpc) is 2.27. The summed E-state index contributed by atoms with van der Waals surface area (Å²) < 4.78 is 3.30. The zero-order valence-electron chi connectivity index (χ0n) is 14.3. The average molecular weight is 482 g/mol. The third kappa shape index (κ3) is 3.37. The summed E-state index contributed by atoms with van der Waals surface area (Å²) in [4.78, 5) is 15.0. The van der Waals surface area contributed by atoms with Crippen molar-refractivity contribution >= 4 is 54.7 Å². The second-order valence-electron chi connectivity index (χ2n) is 8.18. The van der Waals surface area contributed by atoms with Crippen LogP contribution in [0.1, 0.15) is 11.1 Å². The van der Waals surface area contributed by atoms with Gasteiger partial charge in [0.25, 0.3) is 0 Å². The molecule has 108 valence electrons. The van der Waals surface area contributed by atoms with Gasteiger partial charge in [-0.05, 0) is 0 Å². The van der Waals surface area contributed by atoms with E-state index in [2.05, 4.69) is 67.8 Å². The number of fused-ring (bicyclic) bond motifs is 1. The first kappa shape index (κ1) is 16.7. The molecule has 0 saturated carbocycles. The normalized spacial score (nSPS) is 13.0. The molecule has 0 saturated heterocycles. The standard InChI is InChI=1S/C12H10.6CH3.2Sn/c1-9-5-3-8-12-10(2)6-4-7-11(9)12;;;;;;;;/h5-8H,1-2H3;6*1H3;;. The minimum atomic E-state index is -1.99. The Morgan fingerprint density at radius 2 is 0.850 bits per heavy atom. The van der Waals surface area contributed by atoms with Crippen molar-refractivity contribution < 1.29 is 0 Å². The topological polar surface area (TPSA) is 0 Å². The van der Waals surface area contributed by atoms with Gasteiger partial charge in [0.15, 0.2) is 0 Å². The zero-order chi connectivity index (χ0) is 15.3. The molecule has 0 aliphatic rings. The van der Waals surface area contributed by atoms with Gasteiger partial charge < -0.3 is 0 Å². The van der Waals surface area contributed by atoms with Crippen LogP contribution in [0.3, 0.4) is 0 Å². The predicted octanol–water partition coefficient (Wildman–Crippen LogP) is 4.55. The van der Waals surface area contributed by atoms with Gasteiger partial charge in [0.1, 0.15) is 0 Å². The molecule has 0 radical (unpaired) electrons. The number of aryl methyl sites for hydroxylation is 2. The van der Waals surface area contributed by atoms with Gasteiger partial charge in [-0.15, -0.1) is 0 Å². The second-order valence-corrected chi connectivity index (χ2v) is 37.2. The third-order valence-electron chi connectivity index (χ3n) is 4.22. The molecule has 0 atom stereocenters. The van der Waals surface area contributed by atoms with Crippen molar-refractivity contribution in [2.24, 2.45) is 0 Å². The third-order valence-corrected chi connectivity index (χ3v) is 15.8. The van der Waals surface area contributed by atoms with E-state index in [1.807, 2.05) is 0 Å². The number of hydrogen-bond donors (Lipinski definition) is 0. The Bertz CT molecular complexity index is 596. The van der Waals surface area contributed by atoms with Crippen molar-refractivity contribution in [1.29, 1.82) is 0 Å². The molecule has 20 heavy (non-hydrogen) atoms. The fourth-order valence-corrected chi connectivity index (χ4v) is 9.69. The van der Waals surface area contributed by atoms with Gasteiger partial charge >= 0.3 is 134 Å². The maximum atomic E-state index is 2.50. The van der Waals surface area contributed by atoms with Crippen LogP contribution in [0.5, 0.6) is 0 Å². The van der Waals surface area contributed by atoms with Crippen LogP contribution in [-0.4, -0.2) is 36.8 Å². The predicted molar refractivity (Wildman–Crippen MR) is 99.4 cm³/mol. The monoisotopic (exact) mass is 484 g/mol. The van der Waals surface area contributed by atoms with Crippen LogP contribution in [-0.2, 0) is 0 Å². The Kier molecular flexibility index (Phi) is 4.58. The molecule has 0 aromatic heterocycles. The molecular formula is C18H28Sn2. The van der Waals surface area contributed by atoms with Crippen LogP contribution in [0.15, 0.2) is 24.3 Å². The number of benzene rings is 2. The van der Waals surface area contributed by atoms with E-state index >= 15 is 0 Å². The van der Waals surface area contributed by atoms with Crippen LogP contribution in [0.4, 0.5) is 0 Å². The summed E-state index contributed by atoms with van der Waals surface area (Å²) in [5.41, 5.74) is 2.95. The van der Waals surface area contributed by atoms with Crippen LogP contribution in [0.2, 0.25) is 29.6 Å². The van der Waals surface area contributed by atoms with Crippen LogP contribution < -0.4 is 7.16 Å². The second kappa shape index (κ2) is 5.49. The summed E-state index contributed by atoms with van der Waals surface area (Å²) in [6.07, 6.45) is 0. The first-order valence-electron chi connectivity index (χ1n) is 7.56. The van der Waals surface area contributed by atoms with Gasteiger partial charge in [0.2, 0.25) is 0 Å². The first-order valence-corrected chi connectivity index (χ1v) is 27.5. The van der Waals surface area contributed by atoms with Crippen LogP contribution in [0, 0.1) is 13.8 Å². The Balaban J connectivity index is 2.79. The zero-order valence-corrected chi connectivity index (χ0v) is 20.0. The molecule has 0 N–H and O–H groups in total. The Morgan fingerprint density at radius 3 is 1.10 bits per heavy atom. The fraction of sp³-hybridized carbons (Fsp3) is 0.444. The van der Waals surface area contributed by atoms with Crippen molar-refractivity contribution in [3.8, 4) is 0 Å². The Labute approximate surface area is 132 Å². The van der Waals surface area contributed by atoms with Gasteiger partial charge in [-0.3, -0.25) is 0 Å². The van der Waals surface area contributed by atoms with Gasteiger partial charge in [-0.25, -0.2) is 0 Å². The quantitative estimate of drug-likeness (QED) is 0.552. The van der Waals surface area contributed by atoms with E-state index in [0.29, 0.717) is 0 Å².